The van der Waals surface area contributed by atoms with Gasteiger partial charge >= 0.3 is 0 Å². The average molecular weight is 174 g/mol. The average Bonchev–Trinajstić information content (AvgIpc) is 2.70. The SMILES string of the molecule is C=Cc1ccccc1C1CCOC1. The van der Waals surface area contributed by atoms with Crippen LogP contribution >= 0.6 is 0 Å². The molecule has 0 aromatic heterocycles. The molecule has 1 aliphatic rings. The van der Waals surface area contributed by atoms with Crippen LogP contribution in [0.4, 0.5) is 0 Å². The minimum absolute atomic E-state index is 0.578. The fourth-order valence-electron chi connectivity index (χ4n) is 1.85. The molecule has 2 rings (SSSR count). The van der Waals surface area contributed by atoms with Crippen molar-refractivity contribution >= 4 is 6.08 Å². The van der Waals surface area contributed by atoms with E-state index in [-0.39, 0.29) is 0 Å². The van der Waals surface area contributed by atoms with Crippen LogP contribution in [0.2, 0.25) is 0 Å². The highest BCUT2D eigenvalue weighted by Crippen LogP contribution is 2.28. The van der Waals surface area contributed by atoms with Gasteiger partial charge in [-0.05, 0) is 17.5 Å². The lowest BCUT2D eigenvalue weighted by Crippen LogP contribution is -1.99. The Morgan fingerprint density at radius 2 is 2.23 bits per heavy atom. The predicted molar refractivity (Wildman–Crippen MR) is 54.7 cm³/mol. The number of benzene rings is 1. The van der Waals surface area contributed by atoms with Crippen LogP contribution in [-0.2, 0) is 4.74 Å². The van der Waals surface area contributed by atoms with Crippen molar-refractivity contribution in [2.45, 2.75) is 12.3 Å². The summed E-state index contributed by atoms with van der Waals surface area (Å²) in [7, 11) is 0. The van der Waals surface area contributed by atoms with Crippen LogP contribution in [0.3, 0.4) is 0 Å². The molecule has 13 heavy (non-hydrogen) atoms. The molecule has 1 aromatic rings. The molecular weight excluding hydrogens is 160 g/mol. The highest BCUT2D eigenvalue weighted by molar-refractivity contribution is 5.53. The van der Waals surface area contributed by atoms with E-state index in [1.807, 2.05) is 6.08 Å². The second-order valence-corrected chi connectivity index (χ2v) is 3.39. The van der Waals surface area contributed by atoms with E-state index in [4.69, 9.17) is 4.74 Å². The number of hydrogen-bond acceptors (Lipinski definition) is 1. The normalized spacial score (nSPS) is 21.7. The van der Waals surface area contributed by atoms with Crippen LogP contribution in [0.15, 0.2) is 30.8 Å². The van der Waals surface area contributed by atoms with Gasteiger partial charge in [-0.25, -0.2) is 0 Å². The Balaban J connectivity index is 2.31. The second-order valence-electron chi connectivity index (χ2n) is 3.39. The lowest BCUT2D eigenvalue weighted by Gasteiger charge is -2.10. The topological polar surface area (TPSA) is 9.23 Å². The summed E-state index contributed by atoms with van der Waals surface area (Å²) in [4.78, 5) is 0. The zero-order valence-electron chi connectivity index (χ0n) is 7.70. The van der Waals surface area contributed by atoms with Crippen LogP contribution in [0.1, 0.15) is 23.5 Å². The van der Waals surface area contributed by atoms with Crippen molar-refractivity contribution in [1.82, 2.24) is 0 Å². The highest BCUT2D eigenvalue weighted by Gasteiger charge is 2.18. The molecule has 68 valence electrons. The molecule has 1 aromatic carbocycles. The van der Waals surface area contributed by atoms with Gasteiger partial charge in [0.1, 0.15) is 0 Å². The summed E-state index contributed by atoms with van der Waals surface area (Å²) < 4.78 is 5.38. The Hall–Kier alpha value is -1.08. The Morgan fingerprint density at radius 1 is 1.38 bits per heavy atom. The summed E-state index contributed by atoms with van der Waals surface area (Å²) in [6.07, 6.45) is 3.07. The third kappa shape index (κ3) is 1.65. The number of hydrogen-bond donors (Lipinski definition) is 0. The van der Waals surface area contributed by atoms with E-state index in [0.29, 0.717) is 5.92 Å². The van der Waals surface area contributed by atoms with E-state index in [0.717, 1.165) is 19.6 Å². The van der Waals surface area contributed by atoms with Gasteiger partial charge < -0.3 is 4.74 Å². The van der Waals surface area contributed by atoms with Crippen molar-refractivity contribution in [1.29, 1.82) is 0 Å². The standard InChI is InChI=1S/C12H14O/c1-2-10-5-3-4-6-12(10)11-7-8-13-9-11/h2-6,11H,1,7-9H2. The van der Waals surface area contributed by atoms with Crippen LogP contribution in [0.5, 0.6) is 0 Å². The Labute approximate surface area is 79.0 Å². The molecule has 0 amide bonds. The van der Waals surface area contributed by atoms with Gasteiger partial charge in [-0.3, -0.25) is 0 Å². The molecule has 0 radical (unpaired) electrons. The van der Waals surface area contributed by atoms with Gasteiger partial charge in [0.05, 0.1) is 6.61 Å². The molecule has 1 atom stereocenters. The highest BCUT2D eigenvalue weighted by atomic mass is 16.5. The maximum absolute atomic E-state index is 5.38. The quantitative estimate of drug-likeness (QED) is 0.670. The summed E-state index contributed by atoms with van der Waals surface area (Å²) in [5, 5.41) is 0. The van der Waals surface area contributed by atoms with Gasteiger partial charge in [0.15, 0.2) is 0 Å². The summed E-state index contributed by atoms with van der Waals surface area (Å²) in [5.41, 5.74) is 2.63. The van der Waals surface area contributed by atoms with Gasteiger partial charge in [-0.1, -0.05) is 36.9 Å². The maximum Gasteiger partial charge on any atom is 0.0535 e. The van der Waals surface area contributed by atoms with Crippen LogP contribution < -0.4 is 0 Å². The van der Waals surface area contributed by atoms with Crippen molar-refractivity contribution in [2.75, 3.05) is 13.2 Å². The smallest absolute Gasteiger partial charge is 0.0535 e. The Kier molecular flexibility index (Phi) is 2.46. The van der Waals surface area contributed by atoms with Gasteiger partial charge in [0.25, 0.3) is 0 Å². The molecule has 0 N–H and O–H groups in total. The van der Waals surface area contributed by atoms with E-state index in [1.54, 1.807) is 0 Å². The molecule has 1 saturated heterocycles. The van der Waals surface area contributed by atoms with Gasteiger partial charge in [-0.15, -0.1) is 0 Å². The Bertz CT molecular complexity index is 298. The first-order valence-corrected chi connectivity index (χ1v) is 4.71. The third-order valence-corrected chi connectivity index (χ3v) is 2.59. The summed E-state index contributed by atoms with van der Waals surface area (Å²) >= 11 is 0. The maximum atomic E-state index is 5.38. The molecule has 0 saturated carbocycles. The van der Waals surface area contributed by atoms with Crippen molar-refractivity contribution in [2.24, 2.45) is 0 Å². The van der Waals surface area contributed by atoms with Gasteiger partial charge in [0, 0.05) is 12.5 Å². The molecule has 1 aliphatic heterocycles. The van der Waals surface area contributed by atoms with E-state index < -0.39 is 0 Å². The largest absolute Gasteiger partial charge is 0.381 e. The van der Waals surface area contributed by atoms with Crippen LogP contribution in [0, 0.1) is 0 Å². The minimum Gasteiger partial charge on any atom is -0.381 e. The van der Waals surface area contributed by atoms with E-state index >= 15 is 0 Å². The fourth-order valence-corrected chi connectivity index (χ4v) is 1.85. The van der Waals surface area contributed by atoms with Gasteiger partial charge in [0.2, 0.25) is 0 Å². The molecule has 0 aliphatic carbocycles. The van der Waals surface area contributed by atoms with Crippen molar-refractivity contribution in [3.63, 3.8) is 0 Å². The molecule has 1 nitrogen and oxygen atoms in total. The first kappa shape index (κ1) is 8.52. The number of ether oxygens (including phenoxy) is 1. The van der Waals surface area contributed by atoms with Gasteiger partial charge in [-0.2, -0.15) is 0 Å². The van der Waals surface area contributed by atoms with Crippen molar-refractivity contribution in [3.05, 3.63) is 42.0 Å². The molecule has 0 spiro atoms. The third-order valence-electron chi connectivity index (χ3n) is 2.59. The molecule has 1 fully saturated rings. The zero-order chi connectivity index (χ0) is 9.10. The fraction of sp³-hybridized carbons (Fsp3) is 0.333. The molecule has 1 unspecified atom stereocenters. The minimum atomic E-state index is 0.578. The molecule has 1 heterocycles. The summed E-state index contributed by atoms with van der Waals surface area (Å²) in [5.74, 6) is 0.578. The lowest BCUT2D eigenvalue weighted by atomic mass is 9.94. The number of rotatable bonds is 2. The van der Waals surface area contributed by atoms with Crippen molar-refractivity contribution in [3.8, 4) is 0 Å². The molecule has 1 heteroatoms. The zero-order valence-corrected chi connectivity index (χ0v) is 7.70. The monoisotopic (exact) mass is 174 g/mol. The van der Waals surface area contributed by atoms with E-state index in [1.165, 1.54) is 11.1 Å². The van der Waals surface area contributed by atoms with E-state index in [9.17, 15) is 0 Å². The Morgan fingerprint density at radius 3 is 2.92 bits per heavy atom. The second kappa shape index (κ2) is 3.75. The first-order valence-electron chi connectivity index (χ1n) is 4.71. The van der Waals surface area contributed by atoms with Crippen LogP contribution in [-0.4, -0.2) is 13.2 Å². The molecule has 0 bridgehead atoms. The summed E-state index contributed by atoms with van der Waals surface area (Å²) in [6, 6.07) is 8.42. The first-order chi connectivity index (χ1) is 6.42. The lowest BCUT2D eigenvalue weighted by molar-refractivity contribution is 0.194. The van der Waals surface area contributed by atoms with E-state index in [2.05, 4.69) is 30.8 Å². The molecular formula is C12H14O. The van der Waals surface area contributed by atoms with Crippen LogP contribution in [0.25, 0.3) is 6.08 Å². The van der Waals surface area contributed by atoms with Crippen molar-refractivity contribution < 1.29 is 4.74 Å². The summed E-state index contributed by atoms with van der Waals surface area (Å²) in [6.45, 7) is 5.59. The predicted octanol–water partition coefficient (Wildman–Crippen LogP) is 2.83.